The lowest BCUT2D eigenvalue weighted by Gasteiger charge is -2.37. The van der Waals surface area contributed by atoms with Crippen molar-refractivity contribution in [3.05, 3.63) is 23.8 Å². The number of para-hydroxylation sites is 1. The summed E-state index contributed by atoms with van der Waals surface area (Å²) in [5.41, 5.74) is 0.650. The molecule has 0 N–H and O–H groups in total. The molecule has 2 bridgehead atoms. The number of alkyl halides is 1. The molecule has 5 heteroatoms. The first kappa shape index (κ1) is 13.4. The molecule has 2 atom stereocenters. The van der Waals surface area contributed by atoms with Crippen molar-refractivity contribution in [2.24, 2.45) is 0 Å². The summed E-state index contributed by atoms with van der Waals surface area (Å²) in [6.07, 6.45) is 4.33. The van der Waals surface area contributed by atoms with Crippen molar-refractivity contribution in [3.8, 4) is 11.5 Å². The Morgan fingerprint density at radius 2 is 1.86 bits per heavy atom. The number of hydrogen-bond donors (Lipinski definition) is 0. The van der Waals surface area contributed by atoms with Crippen LogP contribution in [0.2, 0.25) is 0 Å². The fraction of sp³-hybridized carbons (Fsp3) is 0.562. The summed E-state index contributed by atoms with van der Waals surface area (Å²) < 4.78 is 11.3. The molecule has 21 heavy (non-hydrogen) atoms. The number of halogens is 1. The normalized spacial score (nSPS) is 30.3. The largest absolute Gasteiger partial charge is 0.486 e. The summed E-state index contributed by atoms with van der Waals surface area (Å²) in [5.74, 6) is 1.41. The number of benzene rings is 1. The maximum absolute atomic E-state index is 13.0. The van der Waals surface area contributed by atoms with Crippen LogP contribution in [0.4, 0.5) is 0 Å². The van der Waals surface area contributed by atoms with Crippen LogP contribution in [-0.4, -0.2) is 40.9 Å². The summed E-state index contributed by atoms with van der Waals surface area (Å²) in [7, 11) is 0. The molecule has 3 aliphatic rings. The smallest absolute Gasteiger partial charge is 0.258 e. The highest BCUT2D eigenvalue weighted by Crippen LogP contribution is 2.41. The summed E-state index contributed by atoms with van der Waals surface area (Å²) in [5, 5.41) is 0. The summed E-state index contributed by atoms with van der Waals surface area (Å²) in [6.45, 7) is 1.05. The lowest BCUT2D eigenvalue weighted by molar-refractivity contribution is 0.0594. The summed E-state index contributed by atoms with van der Waals surface area (Å²) >= 11 is 3.72. The molecule has 2 saturated heterocycles. The molecular formula is C16H18BrNO3. The second kappa shape index (κ2) is 5.20. The van der Waals surface area contributed by atoms with E-state index in [4.69, 9.17) is 9.47 Å². The molecule has 1 amide bonds. The molecule has 3 heterocycles. The second-order valence-electron chi connectivity index (χ2n) is 6.00. The highest BCUT2D eigenvalue weighted by atomic mass is 79.9. The maximum atomic E-state index is 13.0. The molecule has 0 radical (unpaired) electrons. The quantitative estimate of drug-likeness (QED) is 0.730. The second-order valence-corrected chi connectivity index (χ2v) is 7.29. The van der Waals surface area contributed by atoms with Gasteiger partial charge >= 0.3 is 0 Å². The van der Waals surface area contributed by atoms with Gasteiger partial charge in [0, 0.05) is 16.9 Å². The van der Waals surface area contributed by atoms with Crippen LogP contribution in [0.25, 0.3) is 0 Å². The molecule has 4 rings (SSSR count). The Morgan fingerprint density at radius 3 is 2.62 bits per heavy atom. The molecule has 0 saturated carbocycles. The Kier molecular flexibility index (Phi) is 3.32. The van der Waals surface area contributed by atoms with Crippen molar-refractivity contribution in [1.29, 1.82) is 0 Å². The topological polar surface area (TPSA) is 38.8 Å². The minimum atomic E-state index is 0.101. The molecule has 0 spiro atoms. The molecule has 0 aromatic heterocycles. The Morgan fingerprint density at radius 1 is 1.14 bits per heavy atom. The fourth-order valence-electron chi connectivity index (χ4n) is 3.82. The van der Waals surface area contributed by atoms with Gasteiger partial charge in [0.1, 0.15) is 13.2 Å². The molecule has 2 unspecified atom stereocenters. The van der Waals surface area contributed by atoms with E-state index in [2.05, 4.69) is 20.8 Å². The van der Waals surface area contributed by atoms with Gasteiger partial charge in [-0.1, -0.05) is 22.0 Å². The Hall–Kier alpha value is -1.23. The molecule has 2 fully saturated rings. The number of rotatable bonds is 1. The Labute approximate surface area is 132 Å². The lowest BCUT2D eigenvalue weighted by Crippen LogP contribution is -2.47. The minimum absolute atomic E-state index is 0.101. The number of carbonyl (C=O) groups is 1. The Bertz CT molecular complexity index is 563. The molecular weight excluding hydrogens is 334 g/mol. The van der Waals surface area contributed by atoms with Crippen LogP contribution in [0.15, 0.2) is 18.2 Å². The van der Waals surface area contributed by atoms with Crippen molar-refractivity contribution in [2.75, 3.05) is 13.2 Å². The van der Waals surface area contributed by atoms with E-state index in [-0.39, 0.29) is 5.91 Å². The number of hydrogen-bond acceptors (Lipinski definition) is 3. The number of ether oxygens (including phenoxy) is 2. The van der Waals surface area contributed by atoms with Gasteiger partial charge < -0.3 is 14.4 Å². The highest BCUT2D eigenvalue weighted by Gasteiger charge is 2.43. The first-order valence-corrected chi connectivity index (χ1v) is 8.51. The molecule has 3 aliphatic heterocycles. The minimum Gasteiger partial charge on any atom is -0.486 e. The average Bonchev–Trinajstić information content (AvgIpc) is 2.78. The molecule has 112 valence electrons. The SMILES string of the molecule is O=C(c1cccc2c1OCCO2)N1C2CCC1CC(Br)C2. The van der Waals surface area contributed by atoms with Crippen LogP contribution in [-0.2, 0) is 0 Å². The van der Waals surface area contributed by atoms with Crippen LogP contribution in [0.3, 0.4) is 0 Å². The highest BCUT2D eigenvalue weighted by molar-refractivity contribution is 9.09. The van der Waals surface area contributed by atoms with Crippen LogP contribution < -0.4 is 9.47 Å². The monoisotopic (exact) mass is 351 g/mol. The number of fused-ring (bicyclic) bond motifs is 3. The van der Waals surface area contributed by atoms with Gasteiger partial charge in [-0.2, -0.15) is 0 Å². The van der Waals surface area contributed by atoms with Gasteiger partial charge in [-0.25, -0.2) is 0 Å². The zero-order valence-electron chi connectivity index (χ0n) is 11.8. The van der Waals surface area contributed by atoms with Crippen LogP contribution in [0.5, 0.6) is 11.5 Å². The van der Waals surface area contributed by atoms with Gasteiger partial charge in [-0.15, -0.1) is 0 Å². The van der Waals surface area contributed by atoms with Crippen molar-refractivity contribution >= 4 is 21.8 Å². The fourth-order valence-corrected chi connectivity index (χ4v) is 4.69. The molecule has 1 aromatic carbocycles. The third-order valence-electron chi connectivity index (χ3n) is 4.71. The van der Waals surface area contributed by atoms with Gasteiger partial charge in [0.2, 0.25) is 0 Å². The van der Waals surface area contributed by atoms with Crippen molar-refractivity contribution in [3.63, 3.8) is 0 Å². The van der Waals surface area contributed by atoms with Crippen LogP contribution in [0.1, 0.15) is 36.0 Å². The van der Waals surface area contributed by atoms with E-state index in [1.54, 1.807) is 0 Å². The zero-order chi connectivity index (χ0) is 14.4. The summed E-state index contributed by atoms with van der Waals surface area (Å²) in [4.78, 5) is 15.6. The first-order chi connectivity index (χ1) is 10.2. The van der Waals surface area contributed by atoms with E-state index in [0.29, 0.717) is 47.2 Å². The van der Waals surface area contributed by atoms with Crippen LogP contribution >= 0.6 is 15.9 Å². The van der Waals surface area contributed by atoms with E-state index in [0.717, 1.165) is 25.7 Å². The van der Waals surface area contributed by atoms with E-state index >= 15 is 0 Å². The molecule has 1 aromatic rings. The van der Waals surface area contributed by atoms with Gasteiger partial charge in [-0.3, -0.25) is 4.79 Å². The zero-order valence-corrected chi connectivity index (χ0v) is 13.3. The average molecular weight is 352 g/mol. The third-order valence-corrected chi connectivity index (χ3v) is 5.45. The van der Waals surface area contributed by atoms with Gasteiger partial charge in [0.05, 0.1) is 5.56 Å². The van der Waals surface area contributed by atoms with Gasteiger partial charge in [-0.05, 0) is 37.8 Å². The van der Waals surface area contributed by atoms with Crippen molar-refractivity contribution in [1.82, 2.24) is 4.90 Å². The first-order valence-electron chi connectivity index (χ1n) is 7.59. The number of nitrogens with zero attached hydrogens (tertiary/aromatic N) is 1. The predicted octanol–water partition coefficient (Wildman–Crippen LogP) is 2.99. The lowest BCUT2D eigenvalue weighted by atomic mass is 10.0. The van der Waals surface area contributed by atoms with E-state index in [9.17, 15) is 4.79 Å². The van der Waals surface area contributed by atoms with Crippen molar-refractivity contribution in [2.45, 2.75) is 42.6 Å². The van der Waals surface area contributed by atoms with Gasteiger partial charge in [0.15, 0.2) is 11.5 Å². The third kappa shape index (κ3) is 2.22. The van der Waals surface area contributed by atoms with E-state index < -0.39 is 0 Å². The van der Waals surface area contributed by atoms with Crippen LogP contribution in [0, 0.1) is 0 Å². The van der Waals surface area contributed by atoms with E-state index in [1.807, 2.05) is 18.2 Å². The Balaban J connectivity index is 1.67. The number of carbonyl (C=O) groups excluding carboxylic acids is 1. The van der Waals surface area contributed by atoms with E-state index in [1.165, 1.54) is 0 Å². The maximum Gasteiger partial charge on any atom is 0.258 e. The molecule has 0 aliphatic carbocycles. The van der Waals surface area contributed by atoms with Crippen molar-refractivity contribution < 1.29 is 14.3 Å². The predicted molar refractivity (Wildman–Crippen MR) is 82.4 cm³/mol. The standard InChI is InChI=1S/C16H18BrNO3/c17-10-8-11-4-5-12(9-10)18(11)16(19)13-2-1-3-14-15(13)21-7-6-20-14/h1-3,10-12H,4-9H2. The van der Waals surface area contributed by atoms with Gasteiger partial charge in [0.25, 0.3) is 5.91 Å². The number of piperidine rings is 1. The number of amides is 1. The molecule has 4 nitrogen and oxygen atoms in total. The summed E-state index contributed by atoms with van der Waals surface area (Å²) in [6, 6.07) is 6.32.